The standard InChI is InChI=1S/C8H5Br2F5S/c1-3-2-4(9)5(16-3)6(10)7(11,12)8(13,14)15/h2,6H,1H3. The molecule has 92 valence electrons. The number of hydrogen-bond acceptors (Lipinski definition) is 1. The third-order valence-corrected chi connectivity index (χ3v) is 5.13. The number of aryl methyl sites for hydroxylation is 1. The van der Waals surface area contributed by atoms with Crippen LogP contribution in [-0.4, -0.2) is 12.1 Å². The molecule has 0 aromatic carbocycles. The van der Waals surface area contributed by atoms with Crippen molar-refractivity contribution in [1.29, 1.82) is 0 Å². The van der Waals surface area contributed by atoms with E-state index < -0.39 is 16.9 Å². The van der Waals surface area contributed by atoms with Gasteiger partial charge in [0.05, 0.1) is 0 Å². The summed E-state index contributed by atoms with van der Waals surface area (Å²) in [5, 5.41) is 0. The van der Waals surface area contributed by atoms with Crippen molar-refractivity contribution in [3.8, 4) is 0 Å². The van der Waals surface area contributed by atoms with Gasteiger partial charge in [0.25, 0.3) is 0 Å². The molecule has 0 radical (unpaired) electrons. The van der Waals surface area contributed by atoms with E-state index in [0.717, 1.165) is 11.3 Å². The Hall–Kier alpha value is 0.310. The summed E-state index contributed by atoms with van der Waals surface area (Å²) in [7, 11) is 0. The molecule has 0 aliphatic rings. The Morgan fingerprint density at radius 3 is 2.06 bits per heavy atom. The lowest BCUT2D eigenvalue weighted by Gasteiger charge is -2.24. The molecule has 0 nitrogen and oxygen atoms in total. The van der Waals surface area contributed by atoms with Crippen LogP contribution in [0.15, 0.2) is 10.5 Å². The molecule has 1 rings (SSSR count). The van der Waals surface area contributed by atoms with Crippen molar-refractivity contribution < 1.29 is 22.0 Å². The van der Waals surface area contributed by atoms with Gasteiger partial charge in [-0.25, -0.2) is 0 Å². The van der Waals surface area contributed by atoms with E-state index in [-0.39, 0.29) is 9.35 Å². The van der Waals surface area contributed by atoms with Gasteiger partial charge in [-0.3, -0.25) is 0 Å². The van der Waals surface area contributed by atoms with Crippen molar-refractivity contribution in [1.82, 2.24) is 0 Å². The summed E-state index contributed by atoms with van der Waals surface area (Å²) in [6.07, 6.45) is -5.57. The predicted molar refractivity (Wildman–Crippen MR) is 59.4 cm³/mol. The Balaban J connectivity index is 3.11. The molecule has 1 unspecified atom stereocenters. The molecule has 8 heteroatoms. The van der Waals surface area contributed by atoms with Crippen LogP contribution in [0.2, 0.25) is 0 Å². The van der Waals surface area contributed by atoms with Gasteiger partial charge in [-0.2, -0.15) is 22.0 Å². The van der Waals surface area contributed by atoms with E-state index >= 15 is 0 Å². The SMILES string of the molecule is Cc1cc(Br)c(C(Br)C(F)(F)C(F)(F)F)s1. The minimum absolute atomic E-state index is 0.0696. The minimum Gasteiger partial charge on any atom is -0.195 e. The van der Waals surface area contributed by atoms with Gasteiger partial charge in [0.15, 0.2) is 0 Å². The molecule has 0 aliphatic heterocycles. The quantitative estimate of drug-likeness (QED) is 0.467. The van der Waals surface area contributed by atoms with E-state index in [1.165, 1.54) is 6.07 Å². The Bertz CT molecular complexity index is 384. The maximum Gasteiger partial charge on any atom is 0.454 e. The third kappa shape index (κ3) is 2.59. The van der Waals surface area contributed by atoms with Gasteiger partial charge in [-0.05, 0) is 28.9 Å². The van der Waals surface area contributed by atoms with Crippen LogP contribution in [0.3, 0.4) is 0 Å². The van der Waals surface area contributed by atoms with Gasteiger partial charge >= 0.3 is 12.1 Å². The zero-order valence-corrected chi connectivity index (χ0v) is 11.7. The average Bonchev–Trinajstić information content (AvgIpc) is 2.41. The Morgan fingerprint density at radius 1 is 1.25 bits per heavy atom. The topological polar surface area (TPSA) is 0 Å². The highest BCUT2D eigenvalue weighted by Crippen LogP contribution is 2.52. The van der Waals surface area contributed by atoms with E-state index in [1.807, 2.05) is 0 Å². The molecule has 0 aliphatic carbocycles. The van der Waals surface area contributed by atoms with Crippen LogP contribution in [0.4, 0.5) is 22.0 Å². The first kappa shape index (κ1) is 14.4. The number of alkyl halides is 6. The molecule has 0 spiro atoms. The summed E-state index contributed by atoms with van der Waals surface area (Å²) >= 11 is 6.27. The van der Waals surface area contributed by atoms with Crippen LogP contribution in [0.25, 0.3) is 0 Å². The fourth-order valence-electron chi connectivity index (χ4n) is 0.982. The molecule has 1 atom stereocenters. The fourth-order valence-corrected chi connectivity index (χ4v) is 3.97. The zero-order chi connectivity index (χ0) is 12.7. The fraction of sp³-hybridized carbons (Fsp3) is 0.500. The first-order valence-electron chi connectivity index (χ1n) is 3.92. The molecule has 0 fully saturated rings. The first-order valence-corrected chi connectivity index (χ1v) is 6.44. The maximum atomic E-state index is 13.0. The second-order valence-electron chi connectivity index (χ2n) is 3.05. The van der Waals surface area contributed by atoms with E-state index in [0.29, 0.717) is 4.88 Å². The lowest BCUT2D eigenvalue weighted by molar-refractivity contribution is -0.281. The Morgan fingerprint density at radius 2 is 1.75 bits per heavy atom. The van der Waals surface area contributed by atoms with E-state index in [4.69, 9.17) is 0 Å². The van der Waals surface area contributed by atoms with Crippen molar-refractivity contribution in [2.75, 3.05) is 0 Å². The first-order chi connectivity index (χ1) is 7.07. The molecule has 1 aromatic heterocycles. The van der Waals surface area contributed by atoms with Crippen LogP contribution in [0, 0.1) is 6.92 Å². The van der Waals surface area contributed by atoms with Gasteiger partial charge in [0, 0.05) is 14.2 Å². The number of rotatable bonds is 2. The second kappa shape index (κ2) is 4.53. The van der Waals surface area contributed by atoms with E-state index in [9.17, 15) is 22.0 Å². The predicted octanol–water partition coefficient (Wildman–Crippen LogP) is 5.45. The highest BCUT2D eigenvalue weighted by atomic mass is 79.9. The largest absolute Gasteiger partial charge is 0.454 e. The van der Waals surface area contributed by atoms with Gasteiger partial charge in [-0.1, -0.05) is 15.9 Å². The van der Waals surface area contributed by atoms with E-state index in [1.54, 1.807) is 6.92 Å². The molecular formula is C8H5Br2F5S. The average molecular weight is 388 g/mol. The molecule has 0 amide bonds. The minimum atomic E-state index is -5.57. The highest BCUT2D eigenvalue weighted by Gasteiger charge is 2.62. The van der Waals surface area contributed by atoms with Crippen LogP contribution in [-0.2, 0) is 0 Å². The van der Waals surface area contributed by atoms with Crippen LogP contribution in [0.5, 0.6) is 0 Å². The van der Waals surface area contributed by atoms with Gasteiger partial charge < -0.3 is 0 Å². The number of thiophene rings is 1. The number of hydrogen-bond donors (Lipinski definition) is 0. The second-order valence-corrected chi connectivity index (χ2v) is 6.11. The normalized spacial score (nSPS) is 15.2. The summed E-state index contributed by atoms with van der Waals surface area (Å²) in [6, 6.07) is 1.50. The molecule has 1 heterocycles. The maximum absolute atomic E-state index is 13.0. The van der Waals surface area contributed by atoms with Crippen molar-refractivity contribution in [2.45, 2.75) is 23.8 Å². The third-order valence-electron chi connectivity index (χ3n) is 1.76. The van der Waals surface area contributed by atoms with Gasteiger partial charge in [0.2, 0.25) is 0 Å². The lowest BCUT2D eigenvalue weighted by Crippen LogP contribution is -2.39. The molecule has 0 N–H and O–H groups in total. The van der Waals surface area contributed by atoms with Crippen molar-refractivity contribution in [3.63, 3.8) is 0 Å². The van der Waals surface area contributed by atoms with Gasteiger partial charge in [0.1, 0.15) is 4.83 Å². The lowest BCUT2D eigenvalue weighted by atomic mass is 10.2. The molecule has 1 aromatic rings. The number of halogens is 7. The summed E-state index contributed by atoms with van der Waals surface area (Å²) < 4.78 is 62.6. The molecular weight excluding hydrogens is 383 g/mol. The summed E-state index contributed by atoms with van der Waals surface area (Å²) in [4.78, 5) is -1.49. The van der Waals surface area contributed by atoms with Crippen LogP contribution < -0.4 is 0 Å². The Labute approximate surface area is 109 Å². The Kier molecular flexibility index (Phi) is 4.07. The van der Waals surface area contributed by atoms with Crippen molar-refractivity contribution in [2.24, 2.45) is 0 Å². The summed E-state index contributed by atoms with van der Waals surface area (Å²) in [6.45, 7) is 1.63. The molecule has 0 saturated heterocycles. The van der Waals surface area contributed by atoms with Gasteiger partial charge in [-0.15, -0.1) is 11.3 Å². The van der Waals surface area contributed by atoms with Crippen molar-refractivity contribution >= 4 is 43.2 Å². The molecule has 0 bridgehead atoms. The van der Waals surface area contributed by atoms with Crippen LogP contribution in [0.1, 0.15) is 14.6 Å². The molecule has 0 saturated carbocycles. The summed E-state index contributed by atoms with van der Waals surface area (Å²) in [5.74, 6) is -4.80. The smallest absolute Gasteiger partial charge is 0.195 e. The zero-order valence-electron chi connectivity index (χ0n) is 7.71. The van der Waals surface area contributed by atoms with Crippen LogP contribution >= 0.6 is 43.2 Å². The molecule has 16 heavy (non-hydrogen) atoms. The van der Waals surface area contributed by atoms with E-state index in [2.05, 4.69) is 31.9 Å². The monoisotopic (exact) mass is 386 g/mol. The van der Waals surface area contributed by atoms with Crippen molar-refractivity contribution in [3.05, 3.63) is 20.3 Å². The highest BCUT2D eigenvalue weighted by molar-refractivity contribution is 9.11. The summed E-state index contributed by atoms with van der Waals surface area (Å²) in [5.41, 5.74) is 0.